The fraction of sp³-hybridized carbons (Fsp3) is 0.0476. The maximum Gasteiger partial charge on any atom is 0.349 e. The average Bonchev–Trinajstić information content (AvgIpc) is 2.69. The molecule has 0 aliphatic carbocycles. The lowest BCUT2D eigenvalue weighted by Gasteiger charge is -2.11. The van der Waals surface area contributed by atoms with Crippen LogP contribution in [0, 0.1) is 0 Å². The Morgan fingerprint density at radius 1 is 0.889 bits per heavy atom. The Balaban J connectivity index is 1.65. The number of halogens is 2. The zero-order chi connectivity index (χ0) is 19.2. The van der Waals surface area contributed by atoms with E-state index in [1.165, 1.54) is 0 Å². The van der Waals surface area contributed by atoms with Crippen molar-refractivity contribution >= 4 is 44.1 Å². The molecule has 0 heterocycles. The molecule has 4 nitrogen and oxygen atoms in total. The third kappa shape index (κ3) is 5.05. The first-order valence-corrected chi connectivity index (χ1v) is 9.58. The van der Waals surface area contributed by atoms with Crippen LogP contribution in [0.1, 0.15) is 10.4 Å². The Hall–Kier alpha value is -2.44. The van der Waals surface area contributed by atoms with Gasteiger partial charge in [-0.25, -0.2) is 4.79 Å². The molecule has 0 atom stereocenters. The van der Waals surface area contributed by atoms with Crippen molar-refractivity contribution in [2.24, 2.45) is 0 Å². The second-order valence-corrected chi connectivity index (χ2v) is 7.34. The molecule has 0 fully saturated rings. The predicted molar refractivity (Wildman–Crippen MR) is 110 cm³/mol. The van der Waals surface area contributed by atoms with E-state index in [4.69, 9.17) is 9.47 Å². The lowest BCUT2D eigenvalue weighted by atomic mass is 10.1. The van der Waals surface area contributed by atoms with Crippen molar-refractivity contribution in [3.63, 3.8) is 0 Å². The number of esters is 1. The third-order valence-electron chi connectivity index (χ3n) is 3.71. The Morgan fingerprint density at radius 3 is 2.33 bits per heavy atom. The molecular weight excluding hydrogens is 476 g/mol. The summed E-state index contributed by atoms with van der Waals surface area (Å²) in [5, 5.41) is 0. The molecular formula is C21H14Br2O4. The zero-order valence-electron chi connectivity index (χ0n) is 14.0. The first-order valence-electron chi connectivity index (χ1n) is 8.00. The lowest BCUT2D eigenvalue weighted by Crippen LogP contribution is -2.18. The maximum absolute atomic E-state index is 12.0. The summed E-state index contributed by atoms with van der Waals surface area (Å²) in [6.07, 6.45) is 0.632. The Bertz CT molecular complexity index is 971. The molecule has 27 heavy (non-hydrogen) atoms. The van der Waals surface area contributed by atoms with Gasteiger partial charge < -0.3 is 9.47 Å². The standard InChI is InChI=1S/C21H14Br2O4/c22-17-7-9-19(16(10-17)12-24)27-21(25)13-26-20-8-6-15(11-18(20)23)14-4-2-1-3-5-14/h1-12H,13H2. The summed E-state index contributed by atoms with van der Waals surface area (Å²) in [5.74, 6) is 0.123. The first-order chi connectivity index (χ1) is 13.1. The fourth-order valence-electron chi connectivity index (χ4n) is 2.42. The molecule has 3 aromatic rings. The van der Waals surface area contributed by atoms with Crippen LogP contribution in [-0.4, -0.2) is 18.9 Å². The van der Waals surface area contributed by atoms with Crippen molar-refractivity contribution in [1.82, 2.24) is 0 Å². The molecule has 3 rings (SSSR count). The lowest BCUT2D eigenvalue weighted by molar-refractivity contribution is -0.136. The van der Waals surface area contributed by atoms with E-state index < -0.39 is 5.97 Å². The molecule has 0 bridgehead atoms. The van der Waals surface area contributed by atoms with E-state index in [1.807, 2.05) is 42.5 Å². The Labute approximate surface area is 173 Å². The minimum Gasteiger partial charge on any atom is -0.481 e. The van der Waals surface area contributed by atoms with Gasteiger partial charge in [0.2, 0.25) is 0 Å². The van der Waals surface area contributed by atoms with E-state index in [0.29, 0.717) is 12.0 Å². The molecule has 3 aromatic carbocycles. The van der Waals surface area contributed by atoms with Gasteiger partial charge in [0.05, 0.1) is 10.0 Å². The Kier molecular flexibility index (Phi) is 6.42. The second kappa shape index (κ2) is 8.97. The van der Waals surface area contributed by atoms with E-state index in [1.54, 1.807) is 24.3 Å². The van der Waals surface area contributed by atoms with Gasteiger partial charge in [-0.05, 0) is 57.4 Å². The van der Waals surface area contributed by atoms with Gasteiger partial charge in [-0.2, -0.15) is 0 Å². The van der Waals surface area contributed by atoms with Crippen LogP contribution in [0.2, 0.25) is 0 Å². The van der Waals surface area contributed by atoms with E-state index in [9.17, 15) is 9.59 Å². The van der Waals surface area contributed by atoms with Crippen LogP contribution in [0.4, 0.5) is 0 Å². The van der Waals surface area contributed by atoms with Gasteiger partial charge in [0.15, 0.2) is 12.9 Å². The summed E-state index contributed by atoms with van der Waals surface area (Å²) < 4.78 is 12.2. The van der Waals surface area contributed by atoms with Crippen molar-refractivity contribution < 1.29 is 19.1 Å². The van der Waals surface area contributed by atoms with Gasteiger partial charge in [-0.1, -0.05) is 52.3 Å². The minimum atomic E-state index is -0.598. The average molecular weight is 490 g/mol. The molecule has 0 aliphatic rings. The van der Waals surface area contributed by atoms with Crippen molar-refractivity contribution in [3.8, 4) is 22.6 Å². The number of hydrogen-bond donors (Lipinski definition) is 0. The van der Waals surface area contributed by atoms with Gasteiger partial charge in [0, 0.05) is 4.47 Å². The minimum absolute atomic E-state index is 0.195. The number of carbonyl (C=O) groups is 2. The van der Waals surface area contributed by atoms with E-state index in [0.717, 1.165) is 20.1 Å². The molecule has 0 saturated heterocycles. The van der Waals surface area contributed by atoms with E-state index in [2.05, 4.69) is 31.9 Å². The third-order valence-corrected chi connectivity index (χ3v) is 4.82. The molecule has 0 spiro atoms. The second-order valence-electron chi connectivity index (χ2n) is 5.57. The fourth-order valence-corrected chi connectivity index (χ4v) is 3.29. The molecule has 6 heteroatoms. The topological polar surface area (TPSA) is 52.6 Å². The van der Waals surface area contributed by atoms with Crippen LogP contribution in [0.5, 0.6) is 11.5 Å². The van der Waals surface area contributed by atoms with Crippen LogP contribution in [-0.2, 0) is 4.79 Å². The Morgan fingerprint density at radius 2 is 1.63 bits per heavy atom. The van der Waals surface area contributed by atoms with Gasteiger partial charge in [0.25, 0.3) is 0 Å². The normalized spacial score (nSPS) is 10.3. The zero-order valence-corrected chi connectivity index (χ0v) is 17.2. The van der Waals surface area contributed by atoms with Gasteiger partial charge >= 0.3 is 5.97 Å². The molecule has 0 aromatic heterocycles. The van der Waals surface area contributed by atoms with Crippen molar-refractivity contribution in [2.45, 2.75) is 0 Å². The van der Waals surface area contributed by atoms with Crippen molar-refractivity contribution in [2.75, 3.05) is 6.61 Å². The van der Waals surface area contributed by atoms with E-state index >= 15 is 0 Å². The van der Waals surface area contributed by atoms with Crippen LogP contribution >= 0.6 is 31.9 Å². The van der Waals surface area contributed by atoms with Crippen LogP contribution in [0.3, 0.4) is 0 Å². The van der Waals surface area contributed by atoms with Crippen molar-refractivity contribution in [1.29, 1.82) is 0 Å². The summed E-state index contributed by atoms with van der Waals surface area (Å²) >= 11 is 6.73. The summed E-state index contributed by atoms with van der Waals surface area (Å²) in [5.41, 5.74) is 2.40. The number of hydrogen-bond acceptors (Lipinski definition) is 4. The molecule has 136 valence electrons. The smallest absolute Gasteiger partial charge is 0.349 e. The molecule has 0 N–H and O–H groups in total. The van der Waals surface area contributed by atoms with Gasteiger partial charge in [0.1, 0.15) is 11.5 Å². The first kappa shape index (κ1) is 19.3. The number of benzene rings is 3. The highest BCUT2D eigenvalue weighted by Gasteiger charge is 2.12. The largest absolute Gasteiger partial charge is 0.481 e. The number of ether oxygens (including phenoxy) is 2. The summed E-state index contributed by atoms with van der Waals surface area (Å²) in [6, 6.07) is 20.4. The summed E-state index contributed by atoms with van der Waals surface area (Å²) in [4.78, 5) is 23.1. The van der Waals surface area contributed by atoms with Crippen LogP contribution in [0.25, 0.3) is 11.1 Å². The molecule has 0 unspecified atom stereocenters. The SMILES string of the molecule is O=Cc1cc(Br)ccc1OC(=O)COc1ccc(-c2ccccc2)cc1Br. The monoisotopic (exact) mass is 488 g/mol. The number of carbonyl (C=O) groups excluding carboxylic acids is 2. The molecule has 0 aliphatic heterocycles. The van der Waals surface area contributed by atoms with Gasteiger partial charge in [-0.15, -0.1) is 0 Å². The van der Waals surface area contributed by atoms with E-state index in [-0.39, 0.29) is 17.9 Å². The number of rotatable bonds is 6. The summed E-state index contributed by atoms with van der Waals surface area (Å²) in [6.45, 7) is -0.280. The summed E-state index contributed by atoms with van der Waals surface area (Å²) in [7, 11) is 0. The quantitative estimate of drug-likeness (QED) is 0.254. The molecule has 0 amide bonds. The predicted octanol–water partition coefficient (Wildman–Crippen LogP) is 5.68. The molecule has 0 saturated carbocycles. The van der Waals surface area contributed by atoms with Crippen LogP contribution < -0.4 is 9.47 Å². The molecule has 0 radical (unpaired) electrons. The highest BCUT2D eigenvalue weighted by molar-refractivity contribution is 9.10. The maximum atomic E-state index is 12.0. The van der Waals surface area contributed by atoms with Crippen LogP contribution in [0.15, 0.2) is 75.7 Å². The highest BCUT2D eigenvalue weighted by atomic mass is 79.9. The van der Waals surface area contributed by atoms with Crippen molar-refractivity contribution in [3.05, 3.63) is 81.2 Å². The highest BCUT2D eigenvalue weighted by Crippen LogP contribution is 2.30. The number of aldehydes is 1. The van der Waals surface area contributed by atoms with Gasteiger partial charge in [-0.3, -0.25) is 4.79 Å².